The molecule has 1 aliphatic heterocycles. The van der Waals surface area contributed by atoms with Gasteiger partial charge in [-0.3, -0.25) is 4.79 Å². The Morgan fingerprint density at radius 3 is 2.75 bits per heavy atom. The largest absolute Gasteiger partial charge is 0.301 e. The number of anilines is 1. The minimum Gasteiger partial charge on any atom is -0.301 e. The van der Waals surface area contributed by atoms with Gasteiger partial charge in [-0.1, -0.05) is 42.0 Å². The fourth-order valence-electron chi connectivity index (χ4n) is 3.46. The number of aryl methyl sites for hydroxylation is 1. The monoisotopic (exact) mass is 415 g/mol. The van der Waals surface area contributed by atoms with Gasteiger partial charge in [0.05, 0.1) is 15.1 Å². The number of piperidine rings is 1. The van der Waals surface area contributed by atoms with Crippen molar-refractivity contribution in [2.75, 3.05) is 11.9 Å². The normalized spacial score (nSPS) is 18.2. The number of fused-ring (bicyclic) bond motifs is 1. The van der Waals surface area contributed by atoms with E-state index in [4.69, 9.17) is 0 Å². The number of benzene rings is 2. The van der Waals surface area contributed by atoms with Crippen molar-refractivity contribution < 1.29 is 13.2 Å². The minimum atomic E-state index is -3.72. The van der Waals surface area contributed by atoms with Crippen LogP contribution in [0.15, 0.2) is 53.4 Å². The van der Waals surface area contributed by atoms with Crippen LogP contribution in [0.5, 0.6) is 0 Å². The van der Waals surface area contributed by atoms with Gasteiger partial charge in [0.15, 0.2) is 5.13 Å². The first-order valence-electron chi connectivity index (χ1n) is 9.20. The molecular formula is C20H21N3O3S2. The van der Waals surface area contributed by atoms with E-state index in [0.29, 0.717) is 18.1 Å². The van der Waals surface area contributed by atoms with Crippen LogP contribution in [0, 0.1) is 6.92 Å². The molecule has 1 N–H and O–H groups in total. The highest BCUT2D eigenvalue weighted by atomic mass is 32.2. The lowest BCUT2D eigenvalue weighted by Crippen LogP contribution is -2.49. The minimum absolute atomic E-state index is 0.213. The zero-order chi connectivity index (χ0) is 19.7. The summed E-state index contributed by atoms with van der Waals surface area (Å²) in [6, 6.07) is 13.5. The lowest BCUT2D eigenvalue weighted by atomic mass is 10.0. The van der Waals surface area contributed by atoms with Crippen molar-refractivity contribution in [2.45, 2.75) is 37.1 Å². The van der Waals surface area contributed by atoms with E-state index in [1.807, 2.05) is 25.1 Å². The van der Waals surface area contributed by atoms with E-state index in [9.17, 15) is 13.2 Å². The van der Waals surface area contributed by atoms with E-state index >= 15 is 0 Å². The summed E-state index contributed by atoms with van der Waals surface area (Å²) < 4.78 is 28.5. The third kappa shape index (κ3) is 3.67. The highest BCUT2D eigenvalue weighted by Gasteiger charge is 2.37. The summed E-state index contributed by atoms with van der Waals surface area (Å²) in [6.45, 7) is 2.35. The van der Waals surface area contributed by atoms with E-state index < -0.39 is 16.1 Å². The number of sulfonamides is 1. The molecule has 2 aromatic carbocycles. The lowest BCUT2D eigenvalue weighted by Gasteiger charge is -2.33. The van der Waals surface area contributed by atoms with Gasteiger partial charge in [0.2, 0.25) is 15.9 Å². The maximum absolute atomic E-state index is 13.1. The Labute approximate surface area is 168 Å². The fraction of sp³-hybridized carbons (Fsp3) is 0.300. The topological polar surface area (TPSA) is 79.4 Å². The van der Waals surface area contributed by atoms with Gasteiger partial charge in [0.25, 0.3) is 0 Å². The van der Waals surface area contributed by atoms with Gasteiger partial charge in [0, 0.05) is 6.54 Å². The molecule has 8 heteroatoms. The van der Waals surface area contributed by atoms with Crippen LogP contribution in [-0.4, -0.2) is 36.2 Å². The molecule has 1 aromatic heterocycles. The van der Waals surface area contributed by atoms with Crippen molar-refractivity contribution in [2.24, 2.45) is 0 Å². The summed E-state index contributed by atoms with van der Waals surface area (Å²) in [5.74, 6) is -0.324. The molecule has 146 valence electrons. The average Bonchev–Trinajstić information content (AvgIpc) is 3.10. The van der Waals surface area contributed by atoms with Crippen molar-refractivity contribution in [3.63, 3.8) is 0 Å². The number of rotatable bonds is 4. The molecule has 4 rings (SSSR count). The quantitative estimate of drug-likeness (QED) is 0.703. The molecule has 0 radical (unpaired) electrons. The van der Waals surface area contributed by atoms with Crippen LogP contribution < -0.4 is 5.32 Å². The first-order chi connectivity index (χ1) is 13.4. The Kier molecular flexibility index (Phi) is 5.18. The molecule has 0 bridgehead atoms. The molecule has 28 heavy (non-hydrogen) atoms. The molecule has 1 fully saturated rings. The Balaban J connectivity index is 1.59. The second kappa shape index (κ2) is 7.62. The van der Waals surface area contributed by atoms with Gasteiger partial charge in [-0.05, 0) is 49.6 Å². The van der Waals surface area contributed by atoms with Gasteiger partial charge >= 0.3 is 0 Å². The molecular weight excluding hydrogens is 394 g/mol. The molecule has 0 saturated carbocycles. The van der Waals surface area contributed by atoms with Crippen molar-refractivity contribution in [3.05, 3.63) is 54.1 Å². The van der Waals surface area contributed by atoms with Gasteiger partial charge in [-0.25, -0.2) is 13.4 Å². The van der Waals surface area contributed by atoms with E-state index in [1.54, 1.807) is 30.3 Å². The maximum Gasteiger partial charge on any atom is 0.244 e. The van der Waals surface area contributed by atoms with Crippen LogP contribution in [0.4, 0.5) is 5.13 Å². The Morgan fingerprint density at radius 1 is 1.18 bits per heavy atom. The van der Waals surface area contributed by atoms with Gasteiger partial charge in [0.1, 0.15) is 6.04 Å². The first-order valence-corrected chi connectivity index (χ1v) is 11.5. The van der Waals surface area contributed by atoms with Gasteiger partial charge < -0.3 is 5.32 Å². The summed E-state index contributed by atoms with van der Waals surface area (Å²) in [5, 5.41) is 3.33. The third-order valence-corrected chi connectivity index (χ3v) is 7.74. The zero-order valence-electron chi connectivity index (χ0n) is 15.5. The van der Waals surface area contributed by atoms with Crippen LogP contribution >= 0.6 is 11.3 Å². The molecule has 1 aliphatic rings. The number of nitrogens with one attached hydrogen (secondary N) is 1. The number of aromatic nitrogens is 1. The van der Waals surface area contributed by atoms with E-state index in [2.05, 4.69) is 10.3 Å². The average molecular weight is 416 g/mol. The maximum atomic E-state index is 13.1. The number of nitrogens with zero attached hydrogens (tertiary/aromatic N) is 2. The SMILES string of the molecule is Cc1ccc2nc(NC(=O)[C@H]3CCCCN3S(=O)(=O)c3ccccc3)sc2c1. The molecule has 0 aliphatic carbocycles. The molecule has 1 atom stereocenters. The van der Waals surface area contributed by atoms with Crippen LogP contribution in [0.2, 0.25) is 0 Å². The van der Waals surface area contributed by atoms with Crippen LogP contribution in [0.3, 0.4) is 0 Å². The van der Waals surface area contributed by atoms with Gasteiger partial charge in [-0.15, -0.1) is 0 Å². The Bertz CT molecular complexity index is 1110. The summed E-state index contributed by atoms with van der Waals surface area (Å²) in [6.07, 6.45) is 2.07. The van der Waals surface area contributed by atoms with Crippen molar-refractivity contribution in [3.8, 4) is 0 Å². The molecule has 3 aromatic rings. The van der Waals surface area contributed by atoms with Crippen LogP contribution in [-0.2, 0) is 14.8 Å². The van der Waals surface area contributed by atoms with Crippen LogP contribution in [0.25, 0.3) is 10.2 Å². The molecule has 0 unspecified atom stereocenters. The lowest BCUT2D eigenvalue weighted by molar-refractivity contribution is -0.120. The van der Waals surface area contributed by atoms with Crippen molar-refractivity contribution in [1.82, 2.24) is 9.29 Å². The second-order valence-electron chi connectivity index (χ2n) is 6.92. The molecule has 6 nitrogen and oxygen atoms in total. The Morgan fingerprint density at radius 2 is 1.96 bits per heavy atom. The summed E-state index contributed by atoms with van der Waals surface area (Å²) in [7, 11) is -3.72. The smallest absolute Gasteiger partial charge is 0.244 e. The second-order valence-corrected chi connectivity index (χ2v) is 9.84. The number of amides is 1. The van der Waals surface area contributed by atoms with Crippen molar-refractivity contribution >= 4 is 42.6 Å². The number of hydrogen-bond acceptors (Lipinski definition) is 5. The predicted molar refractivity (Wildman–Crippen MR) is 111 cm³/mol. The van der Waals surface area contributed by atoms with Crippen LogP contribution in [0.1, 0.15) is 24.8 Å². The summed E-state index contributed by atoms with van der Waals surface area (Å²) in [4.78, 5) is 17.6. The zero-order valence-corrected chi connectivity index (χ0v) is 17.1. The number of carbonyl (C=O) groups is 1. The molecule has 1 saturated heterocycles. The molecule has 2 heterocycles. The van der Waals surface area contributed by atoms with E-state index in [0.717, 1.165) is 28.6 Å². The van der Waals surface area contributed by atoms with E-state index in [-0.39, 0.29) is 10.8 Å². The number of hydrogen-bond donors (Lipinski definition) is 1. The number of carbonyl (C=O) groups excluding carboxylic acids is 1. The predicted octanol–water partition coefficient (Wildman–Crippen LogP) is 3.79. The van der Waals surface area contributed by atoms with Gasteiger partial charge in [-0.2, -0.15) is 4.31 Å². The summed E-state index contributed by atoms with van der Waals surface area (Å²) >= 11 is 1.40. The Hall–Kier alpha value is -2.29. The molecule has 1 amide bonds. The fourth-order valence-corrected chi connectivity index (χ4v) is 6.10. The highest BCUT2D eigenvalue weighted by Crippen LogP contribution is 2.29. The first kappa shape index (κ1) is 19.0. The molecule has 0 spiro atoms. The standard InChI is InChI=1S/C20H21N3O3S2/c1-14-10-11-16-18(13-14)27-20(21-16)22-19(24)17-9-5-6-12-23(17)28(25,26)15-7-3-2-4-8-15/h2-4,7-8,10-11,13,17H,5-6,9,12H2,1H3,(H,21,22,24)/t17-/m1/s1. The summed E-state index contributed by atoms with van der Waals surface area (Å²) in [5.41, 5.74) is 1.95. The van der Waals surface area contributed by atoms with E-state index in [1.165, 1.54) is 15.6 Å². The number of thiazole rings is 1. The highest BCUT2D eigenvalue weighted by molar-refractivity contribution is 7.89. The third-order valence-electron chi connectivity index (χ3n) is 4.88. The van der Waals surface area contributed by atoms with Crippen molar-refractivity contribution in [1.29, 1.82) is 0 Å².